The van der Waals surface area contributed by atoms with E-state index >= 15 is 0 Å². The molecule has 1 fully saturated rings. The van der Waals surface area contributed by atoms with Gasteiger partial charge < -0.3 is 15.0 Å². The zero-order chi connectivity index (χ0) is 13.0. The van der Waals surface area contributed by atoms with Gasteiger partial charge in [0.2, 0.25) is 5.91 Å². The van der Waals surface area contributed by atoms with Gasteiger partial charge >= 0.3 is 0 Å². The molecule has 1 amide bonds. The predicted octanol–water partition coefficient (Wildman–Crippen LogP) is 1.42. The smallest absolute Gasteiger partial charge is 0.242 e. The third-order valence-electron chi connectivity index (χ3n) is 2.81. The summed E-state index contributed by atoms with van der Waals surface area (Å²) in [7, 11) is 0. The van der Waals surface area contributed by atoms with Gasteiger partial charge in [0.15, 0.2) is 0 Å². The Bertz CT molecular complexity index is 433. The fourth-order valence-electron chi connectivity index (χ4n) is 1.73. The molecule has 0 atom stereocenters. The van der Waals surface area contributed by atoms with Crippen LogP contribution in [0.15, 0.2) is 16.6 Å². The molecule has 0 bridgehead atoms. The van der Waals surface area contributed by atoms with Crippen molar-refractivity contribution < 1.29 is 9.53 Å². The SMILES string of the molecule is Cc1nc(NCC(=O)N2CCOCC2)ccc1Br. The summed E-state index contributed by atoms with van der Waals surface area (Å²) in [6.45, 7) is 4.79. The average molecular weight is 314 g/mol. The summed E-state index contributed by atoms with van der Waals surface area (Å²) in [4.78, 5) is 18.0. The van der Waals surface area contributed by atoms with Crippen LogP contribution in [0.4, 0.5) is 5.82 Å². The lowest BCUT2D eigenvalue weighted by Gasteiger charge is -2.26. The monoisotopic (exact) mass is 313 g/mol. The number of hydrogen-bond donors (Lipinski definition) is 1. The van der Waals surface area contributed by atoms with E-state index in [1.165, 1.54) is 0 Å². The molecule has 6 heteroatoms. The highest BCUT2D eigenvalue weighted by molar-refractivity contribution is 9.10. The molecule has 1 aromatic heterocycles. The molecule has 5 nitrogen and oxygen atoms in total. The van der Waals surface area contributed by atoms with Crippen molar-refractivity contribution in [3.05, 3.63) is 22.3 Å². The summed E-state index contributed by atoms with van der Waals surface area (Å²) in [5, 5.41) is 3.05. The lowest BCUT2D eigenvalue weighted by Crippen LogP contribution is -2.43. The fourth-order valence-corrected chi connectivity index (χ4v) is 1.95. The van der Waals surface area contributed by atoms with E-state index in [1.54, 1.807) is 0 Å². The van der Waals surface area contributed by atoms with Crippen LogP contribution in [0.1, 0.15) is 5.69 Å². The number of rotatable bonds is 3. The summed E-state index contributed by atoms with van der Waals surface area (Å²) < 4.78 is 6.18. The number of hydrogen-bond acceptors (Lipinski definition) is 4. The third-order valence-corrected chi connectivity index (χ3v) is 3.64. The van der Waals surface area contributed by atoms with Gasteiger partial charge in [0.05, 0.1) is 25.5 Å². The van der Waals surface area contributed by atoms with E-state index in [9.17, 15) is 4.79 Å². The molecule has 1 aromatic rings. The quantitative estimate of drug-likeness (QED) is 0.917. The van der Waals surface area contributed by atoms with Crippen LogP contribution in [0.2, 0.25) is 0 Å². The van der Waals surface area contributed by atoms with Crippen LogP contribution in [0.3, 0.4) is 0 Å². The second kappa shape index (κ2) is 6.15. The number of carbonyl (C=O) groups excluding carboxylic acids is 1. The maximum Gasteiger partial charge on any atom is 0.242 e. The molecule has 18 heavy (non-hydrogen) atoms. The van der Waals surface area contributed by atoms with Crippen LogP contribution < -0.4 is 5.32 Å². The van der Waals surface area contributed by atoms with Crippen LogP contribution in [-0.2, 0) is 9.53 Å². The number of anilines is 1. The summed E-state index contributed by atoms with van der Waals surface area (Å²) in [5.41, 5.74) is 0.902. The molecule has 1 N–H and O–H groups in total. The minimum absolute atomic E-state index is 0.0840. The average Bonchev–Trinajstić information content (AvgIpc) is 2.41. The lowest BCUT2D eigenvalue weighted by atomic mass is 10.3. The van der Waals surface area contributed by atoms with Crippen LogP contribution in [0.25, 0.3) is 0 Å². The van der Waals surface area contributed by atoms with Crippen molar-refractivity contribution in [1.82, 2.24) is 9.88 Å². The van der Waals surface area contributed by atoms with Gasteiger partial charge in [-0.05, 0) is 35.0 Å². The molecule has 98 valence electrons. The summed E-state index contributed by atoms with van der Waals surface area (Å²) in [5.74, 6) is 0.804. The lowest BCUT2D eigenvalue weighted by molar-refractivity contribution is -0.133. The Labute approximate surface area is 115 Å². The molecule has 2 heterocycles. The Hall–Kier alpha value is -1.14. The van der Waals surface area contributed by atoms with Gasteiger partial charge in [-0.1, -0.05) is 0 Å². The number of ether oxygens (including phenoxy) is 1. The molecule has 0 unspecified atom stereocenters. The van der Waals surface area contributed by atoms with Crippen LogP contribution in [-0.4, -0.2) is 48.6 Å². The van der Waals surface area contributed by atoms with Crippen molar-refractivity contribution in [1.29, 1.82) is 0 Å². The van der Waals surface area contributed by atoms with E-state index in [0.29, 0.717) is 26.3 Å². The summed E-state index contributed by atoms with van der Waals surface area (Å²) in [6.07, 6.45) is 0. The second-order valence-electron chi connectivity index (χ2n) is 4.11. The van der Waals surface area contributed by atoms with Gasteiger partial charge in [0.1, 0.15) is 5.82 Å². The Morgan fingerprint density at radius 3 is 2.89 bits per heavy atom. The fraction of sp³-hybridized carbons (Fsp3) is 0.500. The number of morpholine rings is 1. The number of halogens is 1. The van der Waals surface area contributed by atoms with E-state index in [-0.39, 0.29) is 12.5 Å². The number of nitrogens with zero attached hydrogens (tertiary/aromatic N) is 2. The zero-order valence-electron chi connectivity index (χ0n) is 10.3. The maximum atomic E-state index is 11.9. The molecule has 0 radical (unpaired) electrons. The Morgan fingerprint density at radius 2 is 2.22 bits per heavy atom. The van der Waals surface area contributed by atoms with Gasteiger partial charge in [0, 0.05) is 17.6 Å². The van der Waals surface area contributed by atoms with Crippen molar-refractivity contribution in [2.75, 3.05) is 38.2 Å². The van der Waals surface area contributed by atoms with Crippen molar-refractivity contribution >= 4 is 27.7 Å². The molecule has 2 rings (SSSR count). The number of carbonyl (C=O) groups is 1. The van der Waals surface area contributed by atoms with Crippen LogP contribution >= 0.6 is 15.9 Å². The number of aryl methyl sites for hydroxylation is 1. The van der Waals surface area contributed by atoms with Gasteiger partial charge in [-0.2, -0.15) is 0 Å². The van der Waals surface area contributed by atoms with Crippen molar-refractivity contribution in [2.24, 2.45) is 0 Å². The minimum atomic E-state index is 0.0840. The first-order valence-corrected chi connectivity index (χ1v) is 6.68. The van der Waals surface area contributed by atoms with E-state index < -0.39 is 0 Å². The Morgan fingerprint density at radius 1 is 1.50 bits per heavy atom. The van der Waals surface area contributed by atoms with E-state index in [1.807, 2.05) is 24.0 Å². The van der Waals surface area contributed by atoms with E-state index in [4.69, 9.17) is 4.74 Å². The Kier molecular flexibility index (Phi) is 4.54. The predicted molar refractivity (Wildman–Crippen MR) is 72.6 cm³/mol. The third kappa shape index (κ3) is 3.43. The summed E-state index contributed by atoms with van der Waals surface area (Å²) in [6, 6.07) is 3.77. The van der Waals surface area contributed by atoms with Gasteiger partial charge in [-0.3, -0.25) is 4.79 Å². The minimum Gasteiger partial charge on any atom is -0.378 e. The number of amides is 1. The molecule has 0 saturated carbocycles. The highest BCUT2D eigenvalue weighted by Gasteiger charge is 2.16. The molecule has 0 spiro atoms. The van der Waals surface area contributed by atoms with Gasteiger partial charge in [-0.15, -0.1) is 0 Å². The molecule has 1 aliphatic rings. The van der Waals surface area contributed by atoms with Gasteiger partial charge in [-0.25, -0.2) is 4.98 Å². The van der Waals surface area contributed by atoms with Crippen molar-refractivity contribution in [3.8, 4) is 0 Å². The Balaban J connectivity index is 1.86. The second-order valence-corrected chi connectivity index (χ2v) is 4.96. The molecule has 0 aromatic carbocycles. The number of nitrogens with one attached hydrogen (secondary N) is 1. The maximum absolute atomic E-state index is 11.9. The number of aromatic nitrogens is 1. The first-order valence-electron chi connectivity index (χ1n) is 5.89. The largest absolute Gasteiger partial charge is 0.378 e. The first-order chi connectivity index (χ1) is 8.66. The summed E-state index contributed by atoms with van der Waals surface area (Å²) >= 11 is 3.39. The van der Waals surface area contributed by atoms with E-state index in [0.717, 1.165) is 16.0 Å². The zero-order valence-corrected chi connectivity index (χ0v) is 11.9. The topological polar surface area (TPSA) is 54.5 Å². The standard InChI is InChI=1S/C12H16BrN3O2/c1-9-10(13)2-3-11(15-9)14-8-12(17)16-4-6-18-7-5-16/h2-3H,4-8H2,1H3,(H,14,15). The first kappa shape index (κ1) is 13.3. The molecular weight excluding hydrogens is 298 g/mol. The highest BCUT2D eigenvalue weighted by Crippen LogP contribution is 2.15. The molecule has 1 aliphatic heterocycles. The molecule has 1 saturated heterocycles. The van der Waals surface area contributed by atoms with Crippen LogP contribution in [0, 0.1) is 6.92 Å². The van der Waals surface area contributed by atoms with E-state index in [2.05, 4.69) is 26.2 Å². The molecular formula is C12H16BrN3O2. The highest BCUT2D eigenvalue weighted by atomic mass is 79.9. The van der Waals surface area contributed by atoms with Gasteiger partial charge in [0.25, 0.3) is 0 Å². The van der Waals surface area contributed by atoms with Crippen molar-refractivity contribution in [2.45, 2.75) is 6.92 Å². The van der Waals surface area contributed by atoms with Crippen molar-refractivity contribution in [3.63, 3.8) is 0 Å². The number of pyridine rings is 1. The van der Waals surface area contributed by atoms with Crippen LogP contribution in [0.5, 0.6) is 0 Å². The molecule has 0 aliphatic carbocycles. The normalized spacial score (nSPS) is 15.6.